The average molecular weight is 200 g/mol. The molecule has 0 saturated carbocycles. The molecule has 2 aromatic rings. The number of hydrogen-bond donors (Lipinski definition) is 2. The summed E-state index contributed by atoms with van der Waals surface area (Å²) in [5.74, 6) is 0. The van der Waals surface area contributed by atoms with Crippen LogP contribution in [0.4, 0.5) is 0 Å². The monoisotopic (exact) mass is 200 g/mol. The van der Waals surface area contributed by atoms with Crippen LogP contribution in [0.1, 0.15) is 23.0 Å². The quantitative estimate of drug-likeness (QED) is 0.723. The summed E-state index contributed by atoms with van der Waals surface area (Å²) in [5.41, 5.74) is 3.52. The molecule has 0 aromatic carbocycles. The van der Waals surface area contributed by atoms with E-state index in [1.807, 2.05) is 12.3 Å². The molecular formula is C11H12N4. The first kappa shape index (κ1) is 8.61. The zero-order valence-corrected chi connectivity index (χ0v) is 8.27. The van der Waals surface area contributed by atoms with Crippen molar-refractivity contribution in [3.8, 4) is 0 Å². The Hall–Kier alpha value is -1.68. The highest BCUT2D eigenvalue weighted by atomic mass is 15.0. The Morgan fingerprint density at radius 3 is 3.27 bits per heavy atom. The minimum Gasteiger partial charge on any atom is -0.348 e. The summed E-state index contributed by atoms with van der Waals surface area (Å²) >= 11 is 0. The first-order valence-corrected chi connectivity index (χ1v) is 5.10. The van der Waals surface area contributed by atoms with Gasteiger partial charge in [0, 0.05) is 31.1 Å². The molecule has 3 heterocycles. The number of hydrogen-bond acceptors (Lipinski definition) is 3. The van der Waals surface area contributed by atoms with Gasteiger partial charge in [0.05, 0.1) is 18.1 Å². The Morgan fingerprint density at radius 1 is 1.40 bits per heavy atom. The minimum absolute atomic E-state index is 0.189. The van der Waals surface area contributed by atoms with E-state index in [0.29, 0.717) is 0 Å². The standard InChI is InChI=1S/C11H12N4/c1-2-8(6-12-4-1)10-11-9(3-5-13-10)14-7-15-11/h1-2,4,6-7,10,13H,3,5H2,(H,14,15). The van der Waals surface area contributed by atoms with Gasteiger partial charge in [-0.15, -0.1) is 0 Å². The highest BCUT2D eigenvalue weighted by Crippen LogP contribution is 2.25. The molecule has 4 heteroatoms. The van der Waals surface area contributed by atoms with Crippen molar-refractivity contribution in [3.63, 3.8) is 0 Å². The number of aromatic nitrogens is 3. The summed E-state index contributed by atoms with van der Waals surface area (Å²) in [6, 6.07) is 4.22. The Kier molecular flexibility index (Phi) is 1.99. The van der Waals surface area contributed by atoms with E-state index < -0.39 is 0 Å². The fraction of sp³-hybridized carbons (Fsp3) is 0.273. The molecule has 0 aliphatic carbocycles. The number of H-pyrrole nitrogens is 1. The van der Waals surface area contributed by atoms with E-state index in [0.717, 1.165) is 18.7 Å². The summed E-state index contributed by atoms with van der Waals surface area (Å²) in [4.78, 5) is 11.7. The van der Waals surface area contributed by atoms with Crippen LogP contribution in [-0.4, -0.2) is 21.5 Å². The highest BCUT2D eigenvalue weighted by molar-refractivity contribution is 5.30. The molecule has 3 rings (SSSR count). The molecule has 2 aromatic heterocycles. The first-order valence-electron chi connectivity index (χ1n) is 5.10. The third-order valence-electron chi connectivity index (χ3n) is 2.77. The van der Waals surface area contributed by atoms with Gasteiger partial charge in [0.15, 0.2) is 0 Å². The van der Waals surface area contributed by atoms with Gasteiger partial charge in [0.25, 0.3) is 0 Å². The largest absolute Gasteiger partial charge is 0.348 e. The van der Waals surface area contributed by atoms with E-state index in [1.165, 1.54) is 11.3 Å². The lowest BCUT2D eigenvalue weighted by Crippen LogP contribution is -2.30. The molecule has 0 spiro atoms. The molecular weight excluding hydrogens is 188 g/mol. The first-order chi connectivity index (χ1) is 7.45. The van der Waals surface area contributed by atoms with Gasteiger partial charge in [0.2, 0.25) is 0 Å². The second kappa shape index (κ2) is 3.47. The van der Waals surface area contributed by atoms with Crippen LogP contribution in [0, 0.1) is 0 Å². The van der Waals surface area contributed by atoms with Crippen molar-refractivity contribution in [1.82, 2.24) is 20.3 Å². The molecule has 1 atom stereocenters. The van der Waals surface area contributed by atoms with Crippen molar-refractivity contribution in [2.75, 3.05) is 6.54 Å². The summed E-state index contributed by atoms with van der Waals surface area (Å²) in [7, 11) is 0. The number of fused-ring (bicyclic) bond motifs is 1. The Morgan fingerprint density at radius 2 is 2.40 bits per heavy atom. The summed E-state index contributed by atoms with van der Waals surface area (Å²) in [6.45, 7) is 0.981. The van der Waals surface area contributed by atoms with Crippen LogP contribution >= 0.6 is 0 Å². The number of aromatic amines is 1. The molecule has 4 nitrogen and oxygen atoms in total. The van der Waals surface area contributed by atoms with Crippen LogP contribution in [0.5, 0.6) is 0 Å². The summed E-state index contributed by atoms with van der Waals surface area (Å²) < 4.78 is 0. The average Bonchev–Trinajstić information content (AvgIpc) is 2.78. The van der Waals surface area contributed by atoms with Gasteiger partial charge in [-0.25, -0.2) is 4.98 Å². The number of nitrogens with zero attached hydrogens (tertiary/aromatic N) is 2. The zero-order valence-electron chi connectivity index (χ0n) is 8.27. The molecule has 0 radical (unpaired) electrons. The van der Waals surface area contributed by atoms with Gasteiger partial charge in [-0.2, -0.15) is 0 Å². The van der Waals surface area contributed by atoms with Crippen LogP contribution in [0.2, 0.25) is 0 Å². The fourth-order valence-corrected chi connectivity index (χ4v) is 2.04. The number of imidazole rings is 1. The fourth-order valence-electron chi connectivity index (χ4n) is 2.04. The van der Waals surface area contributed by atoms with E-state index in [2.05, 4.69) is 26.3 Å². The Bertz CT molecular complexity index is 449. The molecule has 0 bridgehead atoms. The number of nitrogens with one attached hydrogen (secondary N) is 2. The van der Waals surface area contributed by atoms with Crippen molar-refractivity contribution in [2.24, 2.45) is 0 Å². The molecule has 0 fully saturated rings. The maximum absolute atomic E-state index is 4.37. The van der Waals surface area contributed by atoms with Crippen molar-refractivity contribution in [3.05, 3.63) is 47.8 Å². The van der Waals surface area contributed by atoms with Gasteiger partial charge in [0.1, 0.15) is 0 Å². The molecule has 76 valence electrons. The van der Waals surface area contributed by atoms with Crippen LogP contribution in [0.25, 0.3) is 0 Å². The Balaban J connectivity index is 2.03. The lowest BCUT2D eigenvalue weighted by Gasteiger charge is -2.22. The lowest BCUT2D eigenvalue weighted by atomic mass is 10.00. The topological polar surface area (TPSA) is 53.6 Å². The van der Waals surface area contributed by atoms with Gasteiger partial charge >= 0.3 is 0 Å². The van der Waals surface area contributed by atoms with Crippen LogP contribution in [0.15, 0.2) is 30.9 Å². The highest BCUT2D eigenvalue weighted by Gasteiger charge is 2.23. The van der Waals surface area contributed by atoms with E-state index in [9.17, 15) is 0 Å². The van der Waals surface area contributed by atoms with Crippen molar-refractivity contribution in [1.29, 1.82) is 0 Å². The predicted octanol–water partition coefficient (Wildman–Crippen LogP) is 1.04. The molecule has 0 amide bonds. The van der Waals surface area contributed by atoms with Gasteiger partial charge in [-0.05, 0) is 11.6 Å². The summed E-state index contributed by atoms with van der Waals surface area (Å²) in [5, 5.41) is 3.46. The van der Waals surface area contributed by atoms with Crippen molar-refractivity contribution < 1.29 is 0 Å². The van der Waals surface area contributed by atoms with E-state index in [1.54, 1.807) is 12.5 Å². The van der Waals surface area contributed by atoms with Crippen LogP contribution < -0.4 is 5.32 Å². The zero-order chi connectivity index (χ0) is 10.1. The van der Waals surface area contributed by atoms with Gasteiger partial charge < -0.3 is 10.3 Å². The van der Waals surface area contributed by atoms with Crippen LogP contribution in [0.3, 0.4) is 0 Å². The molecule has 2 N–H and O–H groups in total. The number of rotatable bonds is 1. The second-order valence-electron chi connectivity index (χ2n) is 3.69. The summed E-state index contributed by atoms with van der Waals surface area (Å²) in [6.07, 6.45) is 6.46. The number of pyridine rings is 1. The maximum Gasteiger partial charge on any atom is 0.0926 e. The minimum atomic E-state index is 0.189. The molecule has 15 heavy (non-hydrogen) atoms. The third kappa shape index (κ3) is 1.43. The lowest BCUT2D eigenvalue weighted by molar-refractivity contribution is 0.552. The van der Waals surface area contributed by atoms with Gasteiger partial charge in [-0.3, -0.25) is 4.98 Å². The van der Waals surface area contributed by atoms with E-state index in [-0.39, 0.29) is 6.04 Å². The Labute approximate surface area is 87.8 Å². The molecule has 1 unspecified atom stereocenters. The normalized spacial score (nSPS) is 19.9. The third-order valence-corrected chi connectivity index (χ3v) is 2.77. The van der Waals surface area contributed by atoms with Crippen molar-refractivity contribution >= 4 is 0 Å². The predicted molar refractivity (Wildman–Crippen MR) is 56.4 cm³/mol. The SMILES string of the molecule is c1cncc(C2NCCc3[nH]cnc32)c1. The van der Waals surface area contributed by atoms with Crippen LogP contribution in [-0.2, 0) is 6.42 Å². The van der Waals surface area contributed by atoms with E-state index >= 15 is 0 Å². The molecule has 1 aliphatic heterocycles. The second-order valence-corrected chi connectivity index (χ2v) is 3.69. The van der Waals surface area contributed by atoms with Crippen molar-refractivity contribution in [2.45, 2.75) is 12.5 Å². The molecule has 1 aliphatic rings. The van der Waals surface area contributed by atoms with E-state index in [4.69, 9.17) is 0 Å². The van der Waals surface area contributed by atoms with Gasteiger partial charge in [-0.1, -0.05) is 6.07 Å². The smallest absolute Gasteiger partial charge is 0.0926 e. The maximum atomic E-state index is 4.37. The molecule has 0 saturated heterocycles.